The van der Waals surface area contributed by atoms with Crippen LogP contribution in [0.15, 0.2) is 4.99 Å². The summed E-state index contributed by atoms with van der Waals surface area (Å²) < 4.78 is 0. The lowest BCUT2D eigenvalue weighted by Crippen LogP contribution is -2.47. The molecule has 4 nitrogen and oxygen atoms in total. The molecule has 1 heterocycles. The van der Waals surface area contributed by atoms with Crippen LogP contribution in [0.5, 0.6) is 0 Å². The second-order valence-electron chi connectivity index (χ2n) is 7.76. The van der Waals surface area contributed by atoms with Crippen molar-refractivity contribution in [1.82, 2.24) is 10.6 Å². The van der Waals surface area contributed by atoms with Crippen LogP contribution in [0.2, 0.25) is 0 Å². The Kier molecular flexibility index (Phi) is 4.12. The number of carbonyl (C=O) groups excluding carboxylic acids is 1. The standard InChI is InChI=1S/C16H29N3O/c1-11(2)12-7-6-9-16(10-8-12)13(20)17-14(19-16)18-15(3,4)5/h11-12H,6-10H2,1-5H3,(H2,17,18,19,20). The van der Waals surface area contributed by atoms with Gasteiger partial charge in [0.25, 0.3) is 5.91 Å². The number of aliphatic imine (C=N–C) groups is 1. The molecule has 1 fully saturated rings. The van der Waals surface area contributed by atoms with Gasteiger partial charge in [-0.1, -0.05) is 26.7 Å². The molecule has 2 unspecified atom stereocenters. The highest BCUT2D eigenvalue weighted by atomic mass is 16.2. The van der Waals surface area contributed by atoms with E-state index in [4.69, 9.17) is 4.99 Å². The van der Waals surface area contributed by atoms with E-state index in [1.165, 1.54) is 6.42 Å². The normalized spacial score (nSPS) is 31.2. The third-order valence-electron chi connectivity index (χ3n) is 4.51. The molecule has 2 rings (SSSR count). The van der Waals surface area contributed by atoms with E-state index in [1.807, 2.05) is 0 Å². The van der Waals surface area contributed by atoms with Crippen LogP contribution in [0.3, 0.4) is 0 Å². The van der Waals surface area contributed by atoms with Gasteiger partial charge < -0.3 is 5.32 Å². The van der Waals surface area contributed by atoms with Crippen molar-refractivity contribution in [3.8, 4) is 0 Å². The van der Waals surface area contributed by atoms with Gasteiger partial charge in [-0.2, -0.15) is 0 Å². The minimum Gasteiger partial charge on any atom is -0.351 e. The molecule has 114 valence electrons. The molecule has 0 aromatic heterocycles. The largest absolute Gasteiger partial charge is 0.351 e. The third kappa shape index (κ3) is 3.33. The van der Waals surface area contributed by atoms with Crippen LogP contribution in [0.1, 0.15) is 66.7 Å². The van der Waals surface area contributed by atoms with E-state index in [9.17, 15) is 4.79 Å². The molecule has 1 aliphatic heterocycles. The van der Waals surface area contributed by atoms with Gasteiger partial charge >= 0.3 is 0 Å². The number of carbonyl (C=O) groups is 1. The molecule has 2 atom stereocenters. The van der Waals surface area contributed by atoms with Crippen molar-refractivity contribution in [2.75, 3.05) is 0 Å². The van der Waals surface area contributed by atoms with Gasteiger partial charge in [0.2, 0.25) is 0 Å². The van der Waals surface area contributed by atoms with Gasteiger partial charge in [0, 0.05) is 5.54 Å². The number of nitrogens with one attached hydrogen (secondary N) is 2. The van der Waals surface area contributed by atoms with Gasteiger partial charge in [-0.15, -0.1) is 0 Å². The molecule has 1 saturated carbocycles. The molecule has 2 N–H and O–H groups in total. The van der Waals surface area contributed by atoms with Crippen molar-refractivity contribution < 1.29 is 4.79 Å². The van der Waals surface area contributed by atoms with Crippen LogP contribution in [0, 0.1) is 11.8 Å². The fourth-order valence-corrected chi connectivity index (χ4v) is 3.29. The molecule has 0 aromatic rings. The number of amides is 1. The van der Waals surface area contributed by atoms with E-state index in [0.29, 0.717) is 11.9 Å². The zero-order valence-corrected chi connectivity index (χ0v) is 13.5. The van der Waals surface area contributed by atoms with Crippen LogP contribution in [0.25, 0.3) is 0 Å². The smallest absolute Gasteiger partial charge is 0.254 e. The summed E-state index contributed by atoms with van der Waals surface area (Å²) in [6, 6.07) is 0. The molecule has 0 aromatic carbocycles. The highest BCUT2D eigenvalue weighted by Gasteiger charge is 2.45. The summed E-state index contributed by atoms with van der Waals surface area (Å²) in [6.07, 6.45) is 5.21. The van der Waals surface area contributed by atoms with E-state index >= 15 is 0 Å². The number of hydrogen-bond donors (Lipinski definition) is 2. The van der Waals surface area contributed by atoms with Crippen LogP contribution >= 0.6 is 0 Å². The fourth-order valence-electron chi connectivity index (χ4n) is 3.29. The maximum Gasteiger partial charge on any atom is 0.254 e. The Morgan fingerprint density at radius 3 is 2.60 bits per heavy atom. The summed E-state index contributed by atoms with van der Waals surface area (Å²) >= 11 is 0. The maximum absolute atomic E-state index is 12.4. The van der Waals surface area contributed by atoms with E-state index in [2.05, 4.69) is 45.3 Å². The monoisotopic (exact) mass is 279 g/mol. The van der Waals surface area contributed by atoms with Gasteiger partial charge in [0.15, 0.2) is 5.96 Å². The summed E-state index contributed by atoms with van der Waals surface area (Å²) in [5.41, 5.74) is -0.583. The van der Waals surface area contributed by atoms with Crippen molar-refractivity contribution in [1.29, 1.82) is 0 Å². The Morgan fingerprint density at radius 2 is 2.00 bits per heavy atom. The van der Waals surface area contributed by atoms with Gasteiger partial charge in [-0.05, 0) is 51.9 Å². The Balaban J connectivity index is 2.12. The summed E-state index contributed by atoms with van der Waals surface area (Å²) in [5.74, 6) is 2.18. The lowest BCUT2D eigenvalue weighted by atomic mass is 9.87. The van der Waals surface area contributed by atoms with Gasteiger partial charge in [-0.3, -0.25) is 10.1 Å². The Morgan fingerprint density at radius 1 is 1.30 bits per heavy atom. The van der Waals surface area contributed by atoms with Crippen molar-refractivity contribution in [3.05, 3.63) is 0 Å². The molecule has 0 saturated heterocycles. The topological polar surface area (TPSA) is 53.5 Å². The zero-order valence-electron chi connectivity index (χ0n) is 13.5. The molecule has 4 heteroatoms. The van der Waals surface area contributed by atoms with Crippen LogP contribution in [-0.4, -0.2) is 22.9 Å². The molecule has 1 aliphatic carbocycles. The number of hydrogen-bond acceptors (Lipinski definition) is 3. The average Bonchev–Trinajstić information content (AvgIpc) is 2.47. The predicted octanol–water partition coefficient (Wildman–Crippen LogP) is 2.84. The minimum absolute atomic E-state index is 0.0805. The summed E-state index contributed by atoms with van der Waals surface area (Å²) in [5, 5.41) is 6.24. The zero-order chi connectivity index (χ0) is 15.0. The minimum atomic E-state index is -0.503. The Labute approximate surface area is 122 Å². The first-order chi connectivity index (χ1) is 9.22. The first-order valence-electron chi connectivity index (χ1n) is 7.91. The van der Waals surface area contributed by atoms with Crippen molar-refractivity contribution in [2.45, 2.75) is 77.8 Å². The number of guanidine groups is 1. The Hall–Kier alpha value is -1.06. The molecular weight excluding hydrogens is 250 g/mol. The van der Waals surface area contributed by atoms with E-state index in [-0.39, 0.29) is 11.4 Å². The van der Waals surface area contributed by atoms with Crippen LogP contribution in [-0.2, 0) is 4.79 Å². The molecule has 20 heavy (non-hydrogen) atoms. The lowest BCUT2D eigenvalue weighted by Gasteiger charge is -2.22. The average molecular weight is 279 g/mol. The predicted molar refractivity (Wildman–Crippen MR) is 82.6 cm³/mol. The molecule has 2 aliphatic rings. The van der Waals surface area contributed by atoms with E-state index < -0.39 is 5.54 Å². The number of nitrogens with zero attached hydrogens (tertiary/aromatic N) is 1. The second-order valence-corrected chi connectivity index (χ2v) is 7.76. The molecule has 0 radical (unpaired) electrons. The SMILES string of the molecule is CC(C)C1CCCC2(CC1)N=C(NC(C)(C)C)NC2=O. The van der Waals surface area contributed by atoms with Gasteiger partial charge in [0.1, 0.15) is 5.54 Å². The van der Waals surface area contributed by atoms with Crippen molar-refractivity contribution in [3.63, 3.8) is 0 Å². The summed E-state index contributed by atoms with van der Waals surface area (Å²) in [4.78, 5) is 17.2. The maximum atomic E-state index is 12.4. The van der Waals surface area contributed by atoms with Crippen LogP contribution in [0.4, 0.5) is 0 Å². The highest BCUT2D eigenvalue weighted by molar-refractivity contribution is 6.07. The first kappa shape index (κ1) is 15.3. The van der Waals surface area contributed by atoms with E-state index in [0.717, 1.165) is 31.6 Å². The third-order valence-corrected chi connectivity index (χ3v) is 4.51. The number of rotatable bonds is 1. The van der Waals surface area contributed by atoms with Gasteiger partial charge in [0.05, 0.1) is 0 Å². The summed E-state index contributed by atoms with van der Waals surface area (Å²) in [6.45, 7) is 10.8. The highest BCUT2D eigenvalue weighted by Crippen LogP contribution is 2.37. The fraction of sp³-hybridized carbons (Fsp3) is 0.875. The molecular formula is C16H29N3O. The lowest BCUT2D eigenvalue weighted by molar-refractivity contribution is -0.124. The molecule has 1 spiro atoms. The second kappa shape index (κ2) is 5.38. The van der Waals surface area contributed by atoms with Crippen molar-refractivity contribution >= 4 is 11.9 Å². The van der Waals surface area contributed by atoms with Gasteiger partial charge in [-0.25, -0.2) is 4.99 Å². The van der Waals surface area contributed by atoms with E-state index in [1.54, 1.807) is 0 Å². The quantitative estimate of drug-likeness (QED) is 0.775. The first-order valence-corrected chi connectivity index (χ1v) is 7.91. The molecule has 1 amide bonds. The van der Waals surface area contributed by atoms with Crippen molar-refractivity contribution in [2.24, 2.45) is 16.8 Å². The Bertz CT molecular complexity index is 408. The molecule has 0 bridgehead atoms. The van der Waals surface area contributed by atoms with Crippen LogP contribution < -0.4 is 10.6 Å². The summed E-state index contributed by atoms with van der Waals surface area (Å²) in [7, 11) is 0.